The van der Waals surface area contributed by atoms with Gasteiger partial charge in [-0.3, -0.25) is 4.79 Å². The van der Waals surface area contributed by atoms with Crippen molar-refractivity contribution >= 4 is 5.97 Å². The average molecular weight is 432 g/mol. The molecular weight excluding hydrogens is 382 g/mol. The molecule has 0 aliphatic carbocycles. The summed E-state index contributed by atoms with van der Waals surface area (Å²) in [6.07, 6.45) is 23.5. The Morgan fingerprint density at radius 3 is 1.58 bits per heavy atom. The first-order valence-corrected chi connectivity index (χ1v) is 13.2. The molecule has 1 aromatic carbocycles. The van der Waals surface area contributed by atoms with E-state index in [4.69, 9.17) is 10.5 Å². The van der Waals surface area contributed by atoms with Crippen LogP contribution >= 0.6 is 0 Å². The van der Waals surface area contributed by atoms with E-state index in [1.54, 1.807) is 0 Å². The van der Waals surface area contributed by atoms with E-state index in [-0.39, 0.29) is 5.97 Å². The second kappa shape index (κ2) is 20.5. The number of nitrogens with two attached hydrogens (primary N) is 1. The fraction of sp³-hybridized carbons (Fsp3) is 0.750. The summed E-state index contributed by atoms with van der Waals surface area (Å²) in [7, 11) is 0. The maximum atomic E-state index is 12.0. The standard InChI is InChI=1S/C28H49NO2/c1-2-3-4-5-6-7-8-9-10-11-12-13-14-15-16-17-21-24-31-28(30)27(29)25-26-22-19-18-20-23-26/h18-20,22-23,27H,2-17,21,24-25,29H2,1H3/t27-/m0/s1. The smallest absolute Gasteiger partial charge is 0.323 e. The highest BCUT2D eigenvalue weighted by Gasteiger charge is 2.15. The summed E-state index contributed by atoms with van der Waals surface area (Å²) >= 11 is 0. The summed E-state index contributed by atoms with van der Waals surface area (Å²) in [4.78, 5) is 12.0. The van der Waals surface area contributed by atoms with Crippen molar-refractivity contribution in [3.8, 4) is 0 Å². The van der Waals surface area contributed by atoms with E-state index < -0.39 is 6.04 Å². The molecule has 2 N–H and O–H groups in total. The van der Waals surface area contributed by atoms with Gasteiger partial charge in [0, 0.05) is 0 Å². The van der Waals surface area contributed by atoms with Crippen LogP contribution in [-0.4, -0.2) is 18.6 Å². The molecule has 0 aromatic heterocycles. The van der Waals surface area contributed by atoms with Crippen molar-refractivity contribution in [2.24, 2.45) is 5.73 Å². The molecule has 0 unspecified atom stereocenters. The van der Waals surface area contributed by atoms with Crippen molar-refractivity contribution in [1.29, 1.82) is 0 Å². The van der Waals surface area contributed by atoms with E-state index in [2.05, 4.69) is 6.92 Å². The number of carbonyl (C=O) groups is 1. The predicted octanol–water partition coefficient (Wildman–Crippen LogP) is 7.75. The summed E-state index contributed by atoms with van der Waals surface area (Å²) in [5.41, 5.74) is 7.03. The molecular formula is C28H49NO2. The van der Waals surface area contributed by atoms with Gasteiger partial charge in [0.2, 0.25) is 0 Å². The third-order valence-corrected chi connectivity index (χ3v) is 6.09. The first kappa shape index (κ1) is 27.7. The fourth-order valence-corrected chi connectivity index (χ4v) is 4.06. The highest BCUT2D eigenvalue weighted by Crippen LogP contribution is 2.14. The minimum absolute atomic E-state index is 0.277. The molecule has 0 saturated carbocycles. The van der Waals surface area contributed by atoms with Gasteiger partial charge in [-0.2, -0.15) is 0 Å². The summed E-state index contributed by atoms with van der Waals surface area (Å²) in [5, 5.41) is 0. The summed E-state index contributed by atoms with van der Waals surface area (Å²) in [5.74, 6) is -0.277. The molecule has 0 saturated heterocycles. The van der Waals surface area contributed by atoms with Crippen LogP contribution < -0.4 is 5.73 Å². The molecule has 0 fully saturated rings. The number of esters is 1. The van der Waals surface area contributed by atoms with E-state index in [1.165, 1.54) is 96.3 Å². The maximum absolute atomic E-state index is 12.0. The molecule has 31 heavy (non-hydrogen) atoms. The van der Waals surface area contributed by atoms with Gasteiger partial charge < -0.3 is 10.5 Å². The van der Waals surface area contributed by atoms with E-state index >= 15 is 0 Å². The van der Waals surface area contributed by atoms with Crippen LogP contribution in [0.15, 0.2) is 30.3 Å². The van der Waals surface area contributed by atoms with Crippen LogP contribution in [0.4, 0.5) is 0 Å². The lowest BCUT2D eigenvalue weighted by atomic mass is 10.0. The quantitative estimate of drug-likeness (QED) is 0.160. The SMILES string of the molecule is CCCCCCCCCCCCCCCCCCCOC(=O)[C@@H](N)Cc1ccccc1. The zero-order valence-corrected chi connectivity index (χ0v) is 20.3. The first-order valence-electron chi connectivity index (χ1n) is 13.2. The topological polar surface area (TPSA) is 52.3 Å². The number of ether oxygens (including phenoxy) is 1. The number of hydrogen-bond acceptors (Lipinski definition) is 3. The zero-order valence-electron chi connectivity index (χ0n) is 20.3. The average Bonchev–Trinajstić information content (AvgIpc) is 2.78. The molecule has 0 aliphatic rings. The molecule has 0 heterocycles. The Kier molecular flexibility index (Phi) is 18.3. The lowest BCUT2D eigenvalue weighted by Gasteiger charge is -2.11. The van der Waals surface area contributed by atoms with Gasteiger partial charge in [0.15, 0.2) is 0 Å². The van der Waals surface area contributed by atoms with Crippen LogP contribution in [0.3, 0.4) is 0 Å². The van der Waals surface area contributed by atoms with Crippen molar-refractivity contribution < 1.29 is 9.53 Å². The molecule has 3 nitrogen and oxygen atoms in total. The molecule has 3 heteroatoms. The molecule has 1 rings (SSSR count). The number of benzene rings is 1. The van der Waals surface area contributed by atoms with Gasteiger partial charge in [0.25, 0.3) is 0 Å². The van der Waals surface area contributed by atoms with Crippen LogP contribution in [0.1, 0.15) is 122 Å². The number of unbranched alkanes of at least 4 members (excludes halogenated alkanes) is 16. The lowest BCUT2D eigenvalue weighted by Crippen LogP contribution is -2.34. The Morgan fingerprint density at radius 2 is 1.13 bits per heavy atom. The summed E-state index contributed by atoms with van der Waals surface area (Å²) < 4.78 is 5.34. The number of carbonyl (C=O) groups excluding carboxylic acids is 1. The van der Waals surface area contributed by atoms with Crippen molar-refractivity contribution in [3.63, 3.8) is 0 Å². The minimum atomic E-state index is -0.562. The third-order valence-electron chi connectivity index (χ3n) is 6.09. The highest BCUT2D eigenvalue weighted by molar-refractivity contribution is 5.75. The molecule has 178 valence electrons. The van der Waals surface area contributed by atoms with Crippen molar-refractivity contribution in [2.45, 2.75) is 129 Å². The van der Waals surface area contributed by atoms with Crippen molar-refractivity contribution in [3.05, 3.63) is 35.9 Å². The van der Waals surface area contributed by atoms with Gasteiger partial charge in [-0.15, -0.1) is 0 Å². The van der Waals surface area contributed by atoms with E-state index in [9.17, 15) is 4.79 Å². The monoisotopic (exact) mass is 431 g/mol. The largest absolute Gasteiger partial charge is 0.465 e. The second-order valence-corrected chi connectivity index (χ2v) is 9.12. The molecule has 0 aliphatic heterocycles. The first-order chi connectivity index (χ1) is 15.2. The van der Waals surface area contributed by atoms with Gasteiger partial charge >= 0.3 is 5.97 Å². The Labute approximate surface area is 192 Å². The van der Waals surface area contributed by atoms with Crippen LogP contribution in [0.25, 0.3) is 0 Å². The number of hydrogen-bond donors (Lipinski definition) is 1. The van der Waals surface area contributed by atoms with Crippen LogP contribution in [0.2, 0.25) is 0 Å². The van der Waals surface area contributed by atoms with E-state index in [1.807, 2.05) is 30.3 Å². The maximum Gasteiger partial charge on any atom is 0.323 e. The zero-order chi connectivity index (χ0) is 22.4. The van der Waals surface area contributed by atoms with Crippen molar-refractivity contribution in [1.82, 2.24) is 0 Å². The normalized spacial score (nSPS) is 12.1. The van der Waals surface area contributed by atoms with E-state index in [0.717, 1.165) is 18.4 Å². The summed E-state index contributed by atoms with van der Waals surface area (Å²) in [6, 6.07) is 9.31. The fourth-order valence-electron chi connectivity index (χ4n) is 4.06. The van der Waals surface area contributed by atoms with Gasteiger partial charge in [0.05, 0.1) is 6.61 Å². The van der Waals surface area contributed by atoms with Crippen LogP contribution in [0.5, 0.6) is 0 Å². The van der Waals surface area contributed by atoms with Crippen LogP contribution in [-0.2, 0) is 16.0 Å². The summed E-state index contributed by atoms with van der Waals surface area (Å²) in [6.45, 7) is 2.78. The van der Waals surface area contributed by atoms with Crippen LogP contribution in [0, 0.1) is 0 Å². The molecule has 0 bridgehead atoms. The third kappa shape index (κ3) is 16.9. The highest BCUT2D eigenvalue weighted by atomic mass is 16.5. The van der Waals surface area contributed by atoms with Gasteiger partial charge in [-0.25, -0.2) is 0 Å². The van der Waals surface area contributed by atoms with Gasteiger partial charge in [-0.05, 0) is 18.4 Å². The van der Waals surface area contributed by atoms with Gasteiger partial charge in [0.1, 0.15) is 6.04 Å². The molecule has 0 amide bonds. The Bertz CT molecular complexity index is 517. The Hall–Kier alpha value is -1.35. The molecule has 0 radical (unpaired) electrons. The van der Waals surface area contributed by atoms with Gasteiger partial charge in [-0.1, -0.05) is 140 Å². The molecule has 1 aromatic rings. The predicted molar refractivity (Wildman–Crippen MR) is 133 cm³/mol. The lowest BCUT2D eigenvalue weighted by molar-refractivity contribution is -0.145. The second-order valence-electron chi connectivity index (χ2n) is 9.12. The Morgan fingerprint density at radius 1 is 0.710 bits per heavy atom. The van der Waals surface area contributed by atoms with E-state index in [0.29, 0.717) is 13.0 Å². The number of rotatable bonds is 21. The van der Waals surface area contributed by atoms with Crippen molar-refractivity contribution in [2.75, 3.05) is 6.61 Å². The molecule has 1 atom stereocenters. The Balaban J connectivity index is 1.79. The molecule has 0 spiro atoms. The minimum Gasteiger partial charge on any atom is -0.465 e.